The molecule has 1 heterocycles. The summed E-state index contributed by atoms with van der Waals surface area (Å²) in [5.41, 5.74) is 3.87. The van der Waals surface area contributed by atoms with Gasteiger partial charge in [-0.1, -0.05) is 40.2 Å². The molecule has 0 aliphatic rings. The van der Waals surface area contributed by atoms with Gasteiger partial charge in [0.15, 0.2) is 0 Å². The van der Waals surface area contributed by atoms with Gasteiger partial charge in [0.2, 0.25) is 0 Å². The average Bonchev–Trinajstić information content (AvgIpc) is 2.71. The molecule has 0 aliphatic heterocycles. The lowest BCUT2D eigenvalue weighted by atomic mass is 10.1. The van der Waals surface area contributed by atoms with Crippen LogP contribution < -0.4 is 0 Å². The molecule has 104 valence electrons. The number of rotatable bonds is 3. The highest BCUT2D eigenvalue weighted by atomic mass is 79.9. The highest BCUT2D eigenvalue weighted by molar-refractivity contribution is 9.13. The molecule has 2 nitrogen and oxygen atoms in total. The molecular weight excluding hydrogens is 448 g/mol. The van der Waals surface area contributed by atoms with Crippen molar-refractivity contribution < 1.29 is 0 Å². The van der Waals surface area contributed by atoms with E-state index in [0.717, 1.165) is 25.7 Å². The van der Waals surface area contributed by atoms with E-state index in [0.29, 0.717) is 5.56 Å². The van der Waals surface area contributed by atoms with E-state index in [-0.39, 0.29) is 6.04 Å². The monoisotopic (exact) mass is 458 g/mol. The van der Waals surface area contributed by atoms with Crippen LogP contribution in [0.2, 0.25) is 0 Å². The largest absolute Gasteiger partial charge is 0.331 e. The first kappa shape index (κ1) is 15.8. The minimum absolute atomic E-state index is 0.258. The summed E-state index contributed by atoms with van der Waals surface area (Å²) in [6.07, 6.45) is 0. The molecule has 0 unspecified atom stereocenters. The number of benzene rings is 1. The van der Waals surface area contributed by atoms with E-state index in [1.807, 2.05) is 0 Å². The van der Waals surface area contributed by atoms with E-state index in [9.17, 15) is 5.26 Å². The molecule has 5 heteroatoms. The summed E-state index contributed by atoms with van der Waals surface area (Å²) in [6.45, 7) is 4.21. The van der Waals surface area contributed by atoms with Crippen molar-refractivity contribution in [2.75, 3.05) is 0 Å². The minimum Gasteiger partial charge on any atom is -0.331 e. The lowest BCUT2D eigenvalue weighted by Gasteiger charge is -2.15. The molecule has 0 saturated heterocycles. The molecular formula is C15H13Br3N2. The van der Waals surface area contributed by atoms with Crippen molar-refractivity contribution in [2.45, 2.75) is 25.2 Å². The van der Waals surface area contributed by atoms with Crippen LogP contribution in [0.15, 0.2) is 33.3 Å². The van der Waals surface area contributed by atoms with E-state index in [2.05, 4.69) is 96.5 Å². The van der Waals surface area contributed by atoms with Crippen LogP contribution in [-0.2, 0) is 5.33 Å². The summed E-state index contributed by atoms with van der Waals surface area (Å²) in [4.78, 5) is 0. The standard InChI is InChI=1S/C15H13Br3N2/c1-9(2)20-14(12(8-19)13(17)15(20)18)11-5-3-10(7-16)4-6-11/h3-6,9H,7H2,1-2H3. The Labute approximate surface area is 144 Å². The molecule has 0 N–H and O–H groups in total. The van der Waals surface area contributed by atoms with Crippen LogP contribution in [0.1, 0.15) is 31.0 Å². The third kappa shape index (κ3) is 2.74. The highest BCUT2D eigenvalue weighted by Crippen LogP contribution is 2.40. The molecule has 0 amide bonds. The number of nitrogens with zero attached hydrogens (tertiary/aromatic N) is 2. The molecule has 1 aromatic carbocycles. The van der Waals surface area contributed by atoms with Gasteiger partial charge in [-0.25, -0.2) is 0 Å². The zero-order valence-electron chi connectivity index (χ0n) is 11.1. The Morgan fingerprint density at radius 1 is 1.20 bits per heavy atom. The zero-order valence-corrected chi connectivity index (χ0v) is 15.9. The van der Waals surface area contributed by atoms with Gasteiger partial charge in [0, 0.05) is 11.4 Å². The van der Waals surface area contributed by atoms with Crippen LogP contribution in [0.25, 0.3) is 11.3 Å². The second kappa shape index (κ2) is 6.46. The summed E-state index contributed by atoms with van der Waals surface area (Å²) in [5.74, 6) is 0. The van der Waals surface area contributed by atoms with Crippen molar-refractivity contribution in [3.63, 3.8) is 0 Å². The van der Waals surface area contributed by atoms with Crippen molar-refractivity contribution in [3.05, 3.63) is 44.5 Å². The van der Waals surface area contributed by atoms with Crippen molar-refractivity contribution in [2.24, 2.45) is 0 Å². The summed E-state index contributed by atoms with van der Waals surface area (Å²) < 4.78 is 3.85. The molecule has 0 saturated carbocycles. The lowest BCUT2D eigenvalue weighted by Crippen LogP contribution is -2.03. The summed E-state index contributed by atoms with van der Waals surface area (Å²) >= 11 is 10.5. The molecule has 0 radical (unpaired) electrons. The second-order valence-corrected chi connectivity index (χ2v) is 6.84. The summed E-state index contributed by atoms with van der Waals surface area (Å²) in [6, 6.07) is 10.8. The molecule has 0 fully saturated rings. The zero-order chi connectivity index (χ0) is 14.9. The van der Waals surface area contributed by atoms with Crippen LogP contribution in [0.4, 0.5) is 0 Å². The van der Waals surface area contributed by atoms with Gasteiger partial charge in [0.1, 0.15) is 10.7 Å². The summed E-state index contributed by atoms with van der Waals surface area (Å²) in [7, 11) is 0. The van der Waals surface area contributed by atoms with Crippen molar-refractivity contribution in [1.82, 2.24) is 4.57 Å². The Morgan fingerprint density at radius 2 is 1.80 bits per heavy atom. The highest BCUT2D eigenvalue weighted by Gasteiger charge is 2.22. The first-order valence-electron chi connectivity index (χ1n) is 6.15. The first-order valence-corrected chi connectivity index (χ1v) is 8.86. The van der Waals surface area contributed by atoms with Crippen molar-refractivity contribution in [1.29, 1.82) is 5.26 Å². The first-order chi connectivity index (χ1) is 9.51. The SMILES string of the molecule is CC(C)n1c(Br)c(Br)c(C#N)c1-c1ccc(CBr)cc1. The fourth-order valence-electron chi connectivity index (χ4n) is 2.15. The fraction of sp³-hybridized carbons (Fsp3) is 0.267. The third-order valence-corrected chi connectivity index (χ3v) is 5.83. The van der Waals surface area contributed by atoms with Gasteiger partial charge in [-0.3, -0.25) is 0 Å². The molecule has 20 heavy (non-hydrogen) atoms. The van der Waals surface area contributed by atoms with Gasteiger partial charge in [-0.05, 0) is 56.8 Å². The van der Waals surface area contributed by atoms with E-state index in [1.54, 1.807) is 0 Å². The maximum absolute atomic E-state index is 9.46. The number of aromatic nitrogens is 1. The van der Waals surface area contributed by atoms with Gasteiger partial charge in [0.05, 0.1) is 15.7 Å². The Kier molecular flexibility index (Phi) is 5.11. The van der Waals surface area contributed by atoms with E-state index in [1.165, 1.54) is 5.56 Å². The Balaban J connectivity index is 2.71. The smallest absolute Gasteiger partial charge is 0.103 e. The Hall–Kier alpha value is -0.570. The number of nitriles is 1. The Morgan fingerprint density at radius 3 is 2.25 bits per heavy atom. The van der Waals surface area contributed by atoms with Gasteiger partial charge in [-0.2, -0.15) is 5.26 Å². The molecule has 0 bridgehead atoms. The molecule has 0 spiro atoms. The summed E-state index contributed by atoms with van der Waals surface area (Å²) in [5, 5.41) is 10.3. The van der Waals surface area contributed by atoms with Crippen LogP contribution in [0, 0.1) is 11.3 Å². The third-order valence-electron chi connectivity index (χ3n) is 3.10. The molecule has 2 rings (SSSR count). The van der Waals surface area contributed by atoms with Crippen LogP contribution in [0.3, 0.4) is 0 Å². The second-order valence-electron chi connectivity index (χ2n) is 4.73. The molecule has 1 aromatic heterocycles. The van der Waals surface area contributed by atoms with Gasteiger partial charge < -0.3 is 4.57 Å². The number of halogens is 3. The molecule has 0 aliphatic carbocycles. The maximum atomic E-state index is 9.46. The Bertz CT molecular complexity index is 664. The topological polar surface area (TPSA) is 28.7 Å². The number of alkyl halides is 1. The van der Waals surface area contributed by atoms with E-state index in [4.69, 9.17) is 0 Å². The average molecular weight is 461 g/mol. The lowest BCUT2D eigenvalue weighted by molar-refractivity contribution is 0.598. The van der Waals surface area contributed by atoms with Crippen LogP contribution >= 0.6 is 47.8 Å². The normalized spacial score (nSPS) is 10.8. The predicted octanol–water partition coefficient (Wildman–Crippen LogP) is 6.03. The number of hydrogen-bond acceptors (Lipinski definition) is 1. The van der Waals surface area contributed by atoms with E-state index < -0.39 is 0 Å². The maximum Gasteiger partial charge on any atom is 0.103 e. The molecule has 2 aromatic rings. The molecule has 0 atom stereocenters. The fourth-order valence-corrected chi connectivity index (χ4v) is 3.78. The van der Waals surface area contributed by atoms with Crippen molar-refractivity contribution in [3.8, 4) is 17.3 Å². The predicted molar refractivity (Wildman–Crippen MR) is 93.0 cm³/mol. The van der Waals surface area contributed by atoms with Gasteiger partial charge in [0.25, 0.3) is 0 Å². The van der Waals surface area contributed by atoms with Crippen LogP contribution in [-0.4, -0.2) is 4.57 Å². The quantitative estimate of drug-likeness (QED) is 0.514. The van der Waals surface area contributed by atoms with Gasteiger partial charge >= 0.3 is 0 Å². The van der Waals surface area contributed by atoms with Crippen molar-refractivity contribution >= 4 is 47.8 Å². The van der Waals surface area contributed by atoms with Crippen LogP contribution in [0.5, 0.6) is 0 Å². The number of hydrogen-bond donors (Lipinski definition) is 0. The minimum atomic E-state index is 0.258. The van der Waals surface area contributed by atoms with E-state index >= 15 is 0 Å². The van der Waals surface area contributed by atoms with Gasteiger partial charge in [-0.15, -0.1) is 0 Å².